The van der Waals surface area contributed by atoms with Crippen molar-refractivity contribution in [3.05, 3.63) is 89.2 Å². The van der Waals surface area contributed by atoms with Gasteiger partial charge in [0.05, 0.1) is 12.7 Å². The van der Waals surface area contributed by atoms with E-state index in [9.17, 15) is 19.8 Å². The number of carbonyl (C=O) groups excluding carboxylic acids is 2. The quantitative estimate of drug-likeness (QED) is 0.423. The molecule has 1 atom stereocenters. The Bertz CT molecular complexity index is 1150. The van der Waals surface area contributed by atoms with E-state index in [4.69, 9.17) is 14.2 Å². The summed E-state index contributed by atoms with van der Waals surface area (Å²) in [4.78, 5) is 26.1. The highest BCUT2D eigenvalue weighted by molar-refractivity contribution is 6.11. The molecule has 34 heavy (non-hydrogen) atoms. The minimum absolute atomic E-state index is 0.0225. The predicted octanol–water partition coefficient (Wildman–Crippen LogP) is 4.23. The van der Waals surface area contributed by atoms with Crippen LogP contribution in [0.2, 0.25) is 0 Å². The van der Waals surface area contributed by atoms with Crippen LogP contribution in [0.3, 0.4) is 0 Å². The Morgan fingerprint density at radius 2 is 1.85 bits per heavy atom. The molecule has 0 saturated heterocycles. The maximum atomic E-state index is 13.2. The third-order valence-corrected chi connectivity index (χ3v) is 5.43. The number of aromatic hydroxyl groups is 2. The van der Waals surface area contributed by atoms with Crippen molar-refractivity contribution in [3.63, 3.8) is 0 Å². The first-order chi connectivity index (χ1) is 16.2. The van der Waals surface area contributed by atoms with E-state index in [1.807, 2.05) is 19.9 Å². The number of benzene rings is 2. The Balaban J connectivity index is 2.17. The molecule has 2 aromatic carbocycles. The zero-order valence-electron chi connectivity index (χ0n) is 19.5. The van der Waals surface area contributed by atoms with Gasteiger partial charge in [-0.05, 0) is 55.2 Å². The zero-order valence-corrected chi connectivity index (χ0v) is 19.5. The van der Waals surface area contributed by atoms with Crippen LogP contribution in [-0.4, -0.2) is 41.5 Å². The van der Waals surface area contributed by atoms with Crippen LogP contribution in [-0.2, 0) is 36.6 Å². The smallest absolute Gasteiger partial charge is 0.375 e. The number of rotatable bonds is 9. The number of esters is 2. The second-order valence-corrected chi connectivity index (χ2v) is 8.18. The number of phenolic OH excluding ortho intramolecular Hbond substituents is 2. The predicted molar refractivity (Wildman–Crippen MR) is 127 cm³/mol. The number of carbonyl (C=O) groups is 2. The molecule has 0 fully saturated rings. The molecule has 7 heteroatoms. The summed E-state index contributed by atoms with van der Waals surface area (Å²) in [5, 5.41) is 20.0. The summed E-state index contributed by atoms with van der Waals surface area (Å²) in [6.45, 7) is 7.56. The van der Waals surface area contributed by atoms with Crippen LogP contribution >= 0.6 is 0 Å². The van der Waals surface area contributed by atoms with Crippen molar-refractivity contribution in [1.29, 1.82) is 0 Å². The number of phenols is 2. The third-order valence-electron chi connectivity index (χ3n) is 5.43. The maximum absolute atomic E-state index is 13.2. The summed E-state index contributed by atoms with van der Waals surface area (Å²) in [6.07, 6.45) is 3.90. The summed E-state index contributed by atoms with van der Waals surface area (Å²) < 4.78 is 16.4. The molecule has 0 unspecified atom stereocenters. The van der Waals surface area contributed by atoms with Gasteiger partial charge in [-0.1, -0.05) is 48.6 Å². The van der Waals surface area contributed by atoms with Crippen LogP contribution in [0.25, 0.3) is 5.57 Å². The van der Waals surface area contributed by atoms with E-state index in [0.29, 0.717) is 23.1 Å². The van der Waals surface area contributed by atoms with Gasteiger partial charge in [0.25, 0.3) is 0 Å². The van der Waals surface area contributed by atoms with Gasteiger partial charge < -0.3 is 24.4 Å². The first-order valence-corrected chi connectivity index (χ1v) is 10.8. The van der Waals surface area contributed by atoms with E-state index in [1.165, 1.54) is 25.3 Å². The average molecular weight is 465 g/mol. The molecule has 0 aliphatic carbocycles. The summed E-state index contributed by atoms with van der Waals surface area (Å²) in [7, 11) is 1.21. The lowest BCUT2D eigenvalue weighted by Gasteiger charge is -2.28. The van der Waals surface area contributed by atoms with Gasteiger partial charge in [-0.3, -0.25) is 0 Å². The van der Waals surface area contributed by atoms with Gasteiger partial charge in [-0.2, -0.15) is 0 Å². The molecule has 1 aliphatic rings. The molecule has 2 aromatic rings. The second-order valence-electron chi connectivity index (χ2n) is 8.18. The van der Waals surface area contributed by atoms with Crippen molar-refractivity contribution in [2.45, 2.75) is 32.3 Å². The van der Waals surface area contributed by atoms with E-state index in [-0.39, 0.29) is 35.9 Å². The molecule has 7 nitrogen and oxygen atoms in total. The van der Waals surface area contributed by atoms with Crippen molar-refractivity contribution in [1.82, 2.24) is 0 Å². The van der Waals surface area contributed by atoms with Crippen molar-refractivity contribution < 1.29 is 34.0 Å². The Morgan fingerprint density at radius 3 is 2.47 bits per heavy atom. The Labute approximate surface area is 198 Å². The number of cyclic esters (lactones) is 1. The summed E-state index contributed by atoms with van der Waals surface area (Å²) >= 11 is 0. The van der Waals surface area contributed by atoms with E-state index < -0.39 is 17.5 Å². The zero-order chi connectivity index (χ0) is 24.9. The van der Waals surface area contributed by atoms with E-state index >= 15 is 0 Å². The van der Waals surface area contributed by atoms with Crippen LogP contribution in [0.1, 0.15) is 30.5 Å². The van der Waals surface area contributed by atoms with Gasteiger partial charge in [0.1, 0.15) is 18.1 Å². The molecular formula is C27H28O7. The van der Waals surface area contributed by atoms with Gasteiger partial charge in [0.15, 0.2) is 0 Å². The van der Waals surface area contributed by atoms with Crippen LogP contribution < -0.4 is 0 Å². The minimum Gasteiger partial charge on any atom is -0.508 e. The highest BCUT2D eigenvalue weighted by Gasteiger charge is 2.56. The van der Waals surface area contributed by atoms with Crippen molar-refractivity contribution in [2.24, 2.45) is 0 Å². The molecule has 0 radical (unpaired) electrons. The van der Waals surface area contributed by atoms with Gasteiger partial charge in [0, 0.05) is 6.42 Å². The van der Waals surface area contributed by atoms with Crippen LogP contribution in [0.4, 0.5) is 0 Å². The van der Waals surface area contributed by atoms with E-state index in [0.717, 1.165) is 5.57 Å². The number of ether oxygens (including phenoxy) is 3. The molecule has 178 valence electrons. The van der Waals surface area contributed by atoms with Crippen molar-refractivity contribution in [2.75, 3.05) is 13.7 Å². The van der Waals surface area contributed by atoms with Gasteiger partial charge in [0.2, 0.25) is 11.4 Å². The normalized spacial score (nSPS) is 17.2. The topological polar surface area (TPSA) is 102 Å². The average Bonchev–Trinajstić information content (AvgIpc) is 3.09. The second kappa shape index (κ2) is 10.3. The lowest BCUT2D eigenvalue weighted by Crippen LogP contribution is -2.44. The molecule has 0 aromatic heterocycles. The fourth-order valence-electron chi connectivity index (χ4n) is 3.83. The van der Waals surface area contributed by atoms with Gasteiger partial charge in [-0.15, -0.1) is 0 Å². The molecule has 0 saturated carbocycles. The van der Waals surface area contributed by atoms with Crippen LogP contribution in [0, 0.1) is 0 Å². The van der Waals surface area contributed by atoms with Crippen LogP contribution in [0.5, 0.6) is 11.5 Å². The summed E-state index contributed by atoms with van der Waals surface area (Å²) in [5.74, 6) is -1.56. The Kier molecular flexibility index (Phi) is 7.46. The Hall–Kier alpha value is -4.00. The largest absolute Gasteiger partial charge is 0.508 e. The van der Waals surface area contributed by atoms with Gasteiger partial charge >= 0.3 is 11.9 Å². The maximum Gasteiger partial charge on any atom is 0.375 e. The first kappa shape index (κ1) is 24.6. The molecule has 0 spiro atoms. The van der Waals surface area contributed by atoms with E-state index in [1.54, 1.807) is 30.3 Å². The number of allylic oxidation sites excluding steroid dienone is 2. The lowest BCUT2D eigenvalue weighted by molar-refractivity contribution is -0.169. The van der Waals surface area contributed by atoms with E-state index in [2.05, 4.69) is 6.58 Å². The van der Waals surface area contributed by atoms with Crippen molar-refractivity contribution >= 4 is 17.5 Å². The first-order valence-electron chi connectivity index (χ1n) is 10.8. The SMILES string of the molecule is C=CCOC1=C(c2ccc(O)cc2)[C@](Cc2ccc(O)c(CC=C(C)C)c2)(C(=O)OC)OC1=O. The molecule has 0 bridgehead atoms. The minimum atomic E-state index is -1.83. The molecular weight excluding hydrogens is 436 g/mol. The molecule has 3 rings (SSSR count). The lowest BCUT2D eigenvalue weighted by atomic mass is 9.83. The highest BCUT2D eigenvalue weighted by atomic mass is 16.6. The third kappa shape index (κ3) is 4.98. The van der Waals surface area contributed by atoms with Gasteiger partial charge in [-0.25, -0.2) is 9.59 Å². The number of methoxy groups -OCH3 is 1. The monoisotopic (exact) mass is 464 g/mol. The molecule has 2 N–H and O–H groups in total. The summed E-state index contributed by atoms with van der Waals surface area (Å²) in [6, 6.07) is 11.0. The molecule has 0 amide bonds. The number of hydrogen-bond acceptors (Lipinski definition) is 7. The summed E-state index contributed by atoms with van der Waals surface area (Å²) in [5.41, 5.74) is 1.24. The van der Waals surface area contributed by atoms with Crippen molar-refractivity contribution in [3.8, 4) is 11.5 Å². The molecule has 1 heterocycles. The fourth-order valence-corrected chi connectivity index (χ4v) is 3.83. The Morgan fingerprint density at radius 1 is 1.15 bits per heavy atom. The standard InChI is InChI=1S/C27H28O7/c1-5-14-33-24-23(19-9-11-21(28)12-10-19)27(26(31)32-4,34-25(24)30)16-18-7-13-22(29)20(15-18)8-6-17(2)3/h5-7,9-13,15,28-29H,1,8,14,16H2,2-4H3/t27-/m1/s1. The van der Waals surface area contributed by atoms with Crippen LogP contribution in [0.15, 0.2) is 72.5 Å². The fraction of sp³-hybridized carbons (Fsp3) is 0.259. The highest BCUT2D eigenvalue weighted by Crippen LogP contribution is 2.44. The number of hydrogen-bond donors (Lipinski definition) is 2. The molecule has 1 aliphatic heterocycles.